The predicted octanol–water partition coefficient (Wildman–Crippen LogP) is 5.13. The number of aryl methyl sites for hydroxylation is 3. The first-order valence-electron chi connectivity index (χ1n) is 9.10. The molecule has 0 aliphatic carbocycles. The summed E-state index contributed by atoms with van der Waals surface area (Å²) in [5.41, 5.74) is 3.97. The summed E-state index contributed by atoms with van der Waals surface area (Å²) < 4.78 is 19.7. The van der Waals surface area contributed by atoms with Gasteiger partial charge in [0, 0.05) is 27.2 Å². The van der Waals surface area contributed by atoms with Gasteiger partial charge in [0.1, 0.15) is 22.4 Å². The summed E-state index contributed by atoms with van der Waals surface area (Å²) in [6.45, 7) is 4.38. The quantitative estimate of drug-likeness (QED) is 0.488. The number of halogens is 2. The summed E-state index contributed by atoms with van der Waals surface area (Å²) in [5.74, 6) is 0.368. The monoisotopic (exact) mass is 452 g/mol. The predicted molar refractivity (Wildman–Crippen MR) is 120 cm³/mol. The third-order valence-electron chi connectivity index (χ3n) is 4.58. The van der Waals surface area contributed by atoms with E-state index < -0.39 is 16.9 Å². The SMILES string of the molecule is Cc1cc(OCCCc2c(C(=O)NS(C)=O)[nH]c3cc(Cl)ccc23)cc(C)c1Cl. The van der Waals surface area contributed by atoms with Gasteiger partial charge in [-0.05, 0) is 67.6 Å². The number of H-pyrrole nitrogens is 1. The van der Waals surface area contributed by atoms with Crippen LogP contribution in [0.4, 0.5) is 0 Å². The number of carbonyl (C=O) groups is 1. The fourth-order valence-corrected chi connectivity index (χ4v) is 3.94. The van der Waals surface area contributed by atoms with E-state index >= 15 is 0 Å². The lowest BCUT2D eigenvalue weighted by Gasteiger charge is -2.10. The zero-order valence-corrected chi connectivity index (χ0v) is 18.7. The van der Waals surface area contributed by atoms with Gasteiger partial charge >= 0.3 is 0 Å². The number of aromatic amines is 1. The van der Waals surface area contributed by atoms with Gasteiger partial charge in [0.2, 0.25) is 0 Å². The normalized spacial score (nSPS) is 12.2. The van der Waals surface area contributed by atoms with Gasteiger partial charge in [-0.3, -0.25) is 9.52 Å². The van der Waals surface area contributed by atoms with Crippen LogP contribution in [0.1, 0.15) is 33.6 Å². The summed E-state index contributed by atoms with van der Waals surface area (Å²) in [6, 6.07) is 9.28. The largest absolute Gasteiger partial charge is 0.494 e. The molecule has 1 amide bonds. The summed E-state index contributed by atoms with van der Waals surface area (Å²) >= 11 is 12.3. The van der Waals surface area contributed by atoms with Gasteiger partial charge in [-0.25, -0.2) is 4.21 Å². The topological polar surface area (TPSA) is 71.2 Å². The zero-order chi connectivity index (χ0) is 21.1. The van der Waals surface area contributed by atoms with Gasteiger partial charge in [-0.15, -0.1) is 0 Å². The number of ether oxygens (including phenoxy) is 1. The molecule has 8 heteroatoms. The highest BCUT2D eigenvalue weighted by atomic mass is 35.5. The average molecular weight is 453 g/mol. The van der Waals surface area contributed by atoms with Crippen molar-refractivity contribution in [2.75, 3.05) is 12.9 Å². The maximum absolute atomic E-state index is 12.5. The molecule has 0 spiro atoms. The van der Waals surface area contributed by atoms with Crippen molar-refractivity contribution in [3.63, 3.8) is 0 Å². The Morgan fingerprint density at radius 1 is 1.17 bits per heavy atom. The summed E-state index contributed by atoms with van der Waals surface area (Å²) in [6.07, 6.45) is 2.74. The number of rotatable bonds is 7. The van der Waals surface area contributed by atoms with Crippen molar-refractivity contribution < 1.29 is 13.7 Å². The molecule has 1 unspecified atom stereocenters. The Labute approximate surface area is 182 Å². The molecule has 3 rings (SSSR count). The second-order valence-electron chi connectivity index (χ2n) is 6.88. The number of nitrogens with one attached hydrogen (secondary N) is 2. The lowest BCUT2D eigenvalue weighted by molar-refractivity contribution is 0.0978. The van der Waals surface area contributed by atoms with Crippen molar-refractivity contribution in [3.8, 4) is 5.75 Å². The molecule has 0 saturated heterocycles. The van der Waals surface area contributed by atoms with Crippen LogP contribution in [0.5, 0.6) is 5.75 Å². The fourth-order valence-electron chi connectivity index (χ4n) is 3.29. The van der Waals surface area contributed by atoms with Crippen LogP contribution in [0.15, 0.2) is 30.3 Å². The van der Waals surface area contributed by atoms with Crippen molar-refractivity contribution in [2.24, 2.45) is 0 Å². The van der Waals surface area contributed by atoms with Gasteiger partial charge in [0.25, 0.3) is 5.91 Å². The Bertz CT molecular complexity index is 1070. The fraction of sp³-hybridized carbons (Fsp3) is 0.286. The molecule has 5 nitrogen and oxygen atoms in total. The molecule has 29 heavy (non-hydrogen) atoms. The standard InChI is InChI=1S/C21H22Cl2N2O3S/c1-12-9-15(10-13(2)19(12)23)28-8-4-5-17-16-7-6-14(22)11-18(16)24-20(17)21(26)25-29(3)27/h6-7,9-11,24H,4-5,8H2,1-3H3,(H,25,26). The molecule has 1 atom stereocenters. The van der Waals surface area contributed by atoms with Gasteiger partial charge in [0.15, 0.2) is 0 Å². The molecule has 0 fully saturated rings. The van der Waals surface area contributed by atoms with Gasteiger partial charge in [-0.1, -0.05) is 29.3 Å². The molecule has 2 aromatic carbocycles. The minimum atomic E-state index is -1.45. The van der Waals surface area contributed by atoms with Crippen molar-refractivity contribution in [3.05, 3.63) is 62.8 Å². The number of hydrogen-bond donors (Lipinski definition) is 2. The van der Waals surface area contributed by atoms with Crippen molar-refractivity contribution >= 4 is 51.0 Å². The van der Waals surface area contributed by atoms with E-state index in [1.54, 1.807) is 12.1 Å². The van der Waals surface area contributed by atoms with Crippen LogP contribution in [0.2, 0.25) is 10.0 Å². The number of benzene rings is 2. The van der Waals surface area contributed by atoms with Crippen molar-refractivity contribution in [1.82, 2.24) is 9.71 Å². The van der Waals surface area contributed by atoms with Crippen LogP contribution < -0.4 is 9.46 Å². The van der Waals surface area contributed by atoms with Crippen LogP contribution in [0.3, 0.4) is 0 Å². The van der Waals surface area contributed by atoms with Crippen LogP contribution in [-0.4, -0.2) is 28.0 Å². The smallest absolute Gasteiger partial charge is 0.279 e. The molecule has 0 bridgehead atoms. The number of aromatic nitrogens is 1. The van der Waals surface area contributed by atoms with Crippen LogP contribution in [0, 0.1) is 13.8 Å². The second-order valence-corrected chi connectivity index (χ2v) is 8.80. The van der Waals surface area contributed by atoms with Crippen LogP contribution >= 0.6 is 23.2 Å². The molecule has 0 radical (unpaired) electrons. The Morgan fingerprint density at radius 2 is 1.86 bits per heavy atom. The number of amides is 1. The highest BCUT2D eigenvalue weighted by molar-refractivity contribution is 7.82. The summed E-state index contributed by atoms with van der Waals surface area (Å²) in [5, 5.41) is 2.24. The van der Waals surface area contributed by atoms with E-state index in [9.17, 15) is 9.00 Å². The molecule has 1 heterocycles. The van der Waals surface area contributed by atoms with E-state index in [0.717, 1.165) is 38.4 Å². The molecule has 3 aromatic rings. The lowest BCUT2D eigenvalue weighted by atomic mass is 10.1. The highest BCUT2D eigenvalue weighted by Gasteiger charge is 2.18. The first kappa shape index (κ1) is 21.7. The Hall–Kier alpha value is -2.02. The zero-order valence-electron chi connectivity index (χ0n) is 16.4. The lowest BCUT2D eigenvalue weighted by Crippen LogP contribution is -2.26. The summed E-state index contributed by atoms with van der Waals surface area (Å²) in [4.78, 5) is 15.6. The molecule has 0 aliphatic heterocycles. The number of fused-ring (bicyclic) bond motifs is 1. The maximum Gasteiger partial charge on any atom is 0.279 e. The van der Waals surface area contributed by atoms with Crippen molar-refractivity contribution in [1.29, 1.82) is 0 Å². The maximum atomic E-state index is 12.5. The van der Waals surface area contributed by atoms with E-state index in [2.05, 4.69) is 9.71 Å². The van der Waals surface area contributed by atoms with E-state index in [1.165, 1.54) is 6.26 Å². The molecular formula is C21H22Cl2N2O3S. The molecule has 1 aromatic heterocycles. The van der Waals surface area contributed by atoms with Crippen LogP contribution in [-0.2, 0) is 17.4 Å². The third-order valence-corrected chi connectivity index (χ3v) is 5.89. The Morgan fingerprint density at radius 3 is 2.52 bits per heavy atom. The number of hydrogen-bond acceptors (Lipinski definition) is 3. The average Bonchev–Trinajstić information content (AvgIpc) is 3.00. The molecule has 0 saturated carbocycles. The molecule has 2 N–H and O–H groups in total. The molecule has 154 valence electrons. The Kier molecular flexibility index (Phi) is 6.88. The first-order chi connectivity index (χ1) is 13.8. The molecular weight excluding hydrogens is 431 g/mol. The van der Waals surface area contributed by atoms with Crippen LogP contribution in [0.25, 0.3) is 10.9 Å². The number of carbonyl (C=O) groups excluding carboxylic acids is 1. The Balaban J connectivity index is 1.76. The van der Waals surface area contributed by atoms with E-state index in [-0.39, 0.29) is 0 Å². The summed E-state index contributed by atoms with van der Waals surface area (Å²) in [7, 11) is -1.45. The van der Waals surface area contributed by atoms with Gasteiger partial charge < -0.3 is 9.72 Å². The highest BCUT2D eigenvalue weighted by Crippen LogP contribution is 2.28. The minimum Gasteiger partial charge on any atom is -0.494 e. The van der Waals surface area contributed by atoms with E-state index in [4.69, 9.17) is 27.9 Å². The van der Waals surface area contributed by atoms with Gasteiger partial charge in [-0.2, -0.15) is 0 Å². The molecule has 0 aliphatic rings. The van der Waals surface area contributed by atoms with E-state index in [1.807, 2.05) is 32.0 Å². The van der Waals surface area contributed by atoms with E-state index in [0.29, 0.717) is 30.2 Å². The second kappa shape index (κ2) is 9.20. The third kappa shape index (κ3) is 5.13. The first-order valence-corrected chi connectivity index (χ1v) is 11.4. The van der Waals surface area contributed by atoms with Gasteiger partial charge in [0.05, 0.1) is 6.61 Å². The van der Waals surface area contributed by atoms with Crippen molar-refractivity contribution in [2.45, 2.75) is 26.7 Å². The minimum absolute atomic E-state index is 0.399.